The van der Waals surface area contributed by atoms with E-state index in [9.17, 15) is 0 Å². The molecule has 1 fully saturated rings. The van der Waals surface area contributed by atoms with Gasteiger partial charge in [-0.3, -0.25) is 4.90 Å². The molecule has 0 aromatic rings. The fourth-order valence-corrected chi connectivity index (χ4v) is 1.60. The summed E-state index contributed by atoms with van der Waals surface area (Å²) in [6, 6.07) is 0.286. The Morgan fingerprint density at radius 1 is 1.64 bits per heavy atom. The average molecular weight is 152 g/mol. The molecule has 0 saturated carbocycles. The highest BCUT2D eigenvalue weighted by Gasteiger charge is 2.25. The van der Waals surface area contributed by atoms with Gasteiger partial charge in [-0.2, -0.15) is 0 Å². The van der Waals surface area contributed by atoms with Crippen molar-refractivity contribution >= 4 is 0 Å². The summed E-state index contributed by atoms with van der Waals surface area (Å²) in [4.78, 5) is 5.95. The van der Waals surface area contributed by atoms with Gasteiger partial charge in [0, 0.05) is 19.5 Å². The second-order valence-electron chi connectivity index (χ2n) is 3.73. The van der Waals surface area contributed by atoms with Crippen LogP contribution in [0.25, 0.3) is 4.85 Å². The lowest BCUT2D eigenvalue weighted by molar-refractivity contribution is 0.297. The summed E-state index contributed by atoms with van der Waals surface area (Å²) >= 11 is 0. The molecule has 11 heavy (non-hydrogen) atoms. The number of nitrogens with zero attached hydrogens (tertiary/aromatic N) is 2. The standard InChI is InChI=1S/C9H16N2/c1-8(2)6-11-5-4-9(7-11)10-3/h8-9H,4-7H2,1-2H3/t9-/m1/s1. The molecule has 0 N–H and O–H groups in total. The van der Waals surface area contributed by atoms with Crippen LogP contribution in [0.2, 0.25) is 0 Å². The third-order valence-corrected chi connectivity index (χ3v) is 2.05. The molecule has 0 aromatic heterocycles. The molecule has 1 saturated heterocycles. The van der Waals surface area contributed by atoms with E-state index in [1.807, 2.05) is 0 Å². The Labute approximate surface area is 69.0 Å². The van der Waals surface area contributed by atoms with Crippen molar-refractivity contribution in [3.63, 3.8) is 0 Å². The highest BCUT2D eigenvalue weighted by atomic mass is 15.2. The highest BCUT2D eigenvalue weighted by molar-refractivity contribution is 4.88. The third-order valence-electron chi connectivity index (χ3n) is 2.05. The average Bonchev–Trinajstić information content (AvgIpc) is 2.34. The Morgan fingerprint density at radius 3 is 2.82 bits per heavy atom. The first-order chi connectivity index (χ1) is 5.22. The number of hydrogen-bond donors (Lipinski definition) is 0. The van der Waals surface area contributed by atoms with Gasteiger partial charge >= 0.3 is 0 Å². The predicted octanol–water partition coefficient (Wildman–Crippen LogP) is 1.64. The lowest BCUT2D eigenvalue weighted by Gasteiger charge is -2.15. The number of likely N-dealkylation sites (tertiary alicyclic amines) is 1. The van der Waals surface area contributed by atoms with E-state index >= 15 is 0 Å². The van der Waals surface area contributed by atoms with Crippen molar-refractivity contribution in [1.29, 1.82) is 0 Å². The van der Waals surface area contributed by atoms with Crippen LogP contribution in [0.5, 0.6) is 0 Å². The van der Waals surface area contributed by atoms with Crippen LogP contribution in [0, 0.1) is 12.5 Å². The Hall–Kier alpha value is -0.550. The molecule has 1 aliphatic heterocycles. The number of rotatable bonds is 2. The monoisotopic (exact) mass is 152 g/mol. The topological polar surface area (TPSA) is 7.60 Å². The Balaban J connectivity index is 2.26. The first-order valence-corrected chi connectivity index (χ1v) is 4.31. The van der Waals surface area contributed by atoms with Gasteiger partial charge in [0.2, 0.25) is 6.04 Å². The Morgan fingerprint density at radius 2 is 2.36 bits per heavy atom. The zero-order valence-corrected chi connectivity index (χ0v) is 7.38. The van der Waals surface area contributed by atoms with Crippen molar-refractivity contribution in [3.05, 3.63) is 11.4 Å². The molecule has 1 atom stereocenters. The van der Waals surface area contributed by atoms with Crippen LogP contribution in [-0.2, 0) is 0 Å². The van der Waals surface area contributed by atoms with E-state index < -0.39 is 0 Å². The van der Waals surface area contributed by atoms with Gasteiger partial charge in [-0.1, -0.05) is 13.8 Å². The maximum Gasteiger partial charge on any atom is 0.237 e. The Bertz CT molecular complexity index is 157. The fourth-order valence-electron chi connectivity index (χ4n) is 1.60. The second-order valence-corrected chi connectivity index (χ2v) is 3.73. The molecule has 0 amide bonds. The second kappa shape index (κ2) is 3.73. The van der Waals surface area contributed by atoms with Crippen molar-refractivity contribution < 1.29 is 0 Å². The molecule has 1 aliphatic rings. The smallest absolute Gasteiger partial charge is 0.237 e. The van der Waals surface area contributed by atoms with Gasteiger partial charge in [0.15, 0.2) is 0 Å². The minimum atomic E-state index is 0.286. The first kappa shape index (κ1) is 8.55. The summed E-state index contributed by atoms with van der Waals surface area (Å²) in [6.07, 6.45) is 1.08. The molecule has 0 radical (unpaired) electrons. The lowest BCUT2D eigenvalue weighted by atomic mass is 10.2. The summed E-state index contributed by atoms with van der Waals surface area (Å²) in [5.41, 5.74) is 0. The molecule has 1 heterocycles. The summed E-state index contributed by atoms with van der Waals surface area (Å²) in [5.74, 6) is 0.736. The van der Waals surface area contributed by atoms with Crippen LogP contribution >= 0.6 is 0 Å². The van der Waals surface area contributed by atoms with Gasteiger partial charge in [0.1, 0.15) is 0 Å². The maximum absolute atomic E-state index is 6.87. The van der Waals surface area contributed by atoms with Crippen molar-refractivity contribution in [2.75, 3.05) is 19.6 Å². The minimum absolute atomic E-state index is 0.286. The molecular formula is C9H16N2. The van der Waals surface area contributed by atoms with E-state index in [0.29, 0.717) is 0 Å². The minimum Gasteiger partial charge on any atom is -0.312 e. The summed E-state index contributed by atoms with van der Waals surface area (Å²) in [7, 11) is 0. The van der Waals surface area contributed by atoms with E-state index in [4.69, 9.17) is 6.57 Å². The summed E-state index contributed by atoms with van der Waals surface area (Å²) < 4.78 is 0. The molecule has 2 nitrogen and oxygen atoms in total. The van der Waals surface area contributed by atoms with Crippen LogP contribution in [-0.4, -0.2) is 30.6 Å². The normalized spacial score (nSPS) is 25.8. The molecule has 0 aliphatic carbocycles. The highest BCUT2D eigenvalue weighted by Crippen LogP contribution is 2.13. The quantitative estimate of drug-likeness (QED) is 0.546. The largest absolute Gasteiger partial charge is 0.312 e. The fraction of sp³-hybridized carbons (Fsp3) is 0.889. The van der Waals surface area contributed by atoms with E-state index in [-0.39, 0.29) is 6.04 Å². The lowest BCUT2D eigenvalue weighted by Crippen LogP contribution is -2.25. The zero-order chi connectivity index (χ0) is 8.27. The van der Waals surface area contributed by atoms with Crippen molar-refractivity contribution in [3.8, 4) is 0 Å². The van der Waals surface area contributed by atoms with E-state index in [1.54, 1.807) is 0 Å². The van der Waals surface area contributed by atoms with Crippen LogP contribution in [0.1, 0.15) is 20.3 Å². The molecule has 0 aromatic carbocycles. The number of hydrogen-bond acceptors (Lipinski definition) is 1. The van der Waals surface area contributed by atoms with Gasteiger partial charge in [0.05, 0.1) is 6.54 Å². The predicted molar refractivity (Wildman–Crippen MR) is 46.3 cm³/mol. The van der Waals surface area contributed by atoms with Gasteiger partial charge in [-0.05, 0) is 5.92 Å². The summed E-state index contributed by atoms with van der Waals surface area (Å²) in [5, 5.41) is 0. The van der Waals surface area contributed by atoms with E-state index in [1.165, 1.54) is 0 Å². The molecule has 62 valence electrons. The molecule has 0 spiro atoms. The van der Waals surface area contributed by atoms with E-state index in [2.05, 4.69) is 23.6 Å². The van der Waals surface area contributed by atoms with Crippen LogP contribution in [0.15, 0.2) is 0 Å². The van der Waals surface area contributed by atoms with Gasteiger partial charge in [-0.25, -0.2) is 6.57 Å². The maximum atomic E-state index is 6.87. The molecule has 0 unspecified atom stereocenters. The first-order valence-electron chi connectivity index (χ1n) is 4.31. The van der Waals surface area contributed by atoms with Crippen LogP contribution in [0.4, 0.5) is 0 Å². The zero-order valence-electron chi connectivity index (χ0n) is 7.38. The SMILES string of the molecule is [C-]#[N+][C@@H]1CCN(CC(C)C)C1. The van der Waals surface area contributed by atoms with E-state index in [0.717, 1.165) is 32.0 Å². The van der Waals surface area contributed by atoms with Gasteiger partial charge in [-0.15, -0.1) is 0 Å². The molecular weight excluding hydrogens is 136 g/mol. The molecule has 1 rings (SSSR count). The van der Waals surface area contributed by atoms with Crippen molar-refractivity contribution in [2.24, 2.45) is 5.92 Å². The third kappa shape index (κ3) is 2.51. The summed E-state index contributed by atoms with van der Waals surface area (Å²) in [6.45, 7) is 14.6. The molecule has 2 heteroatoms. The van der Waals surface area contributed by atoms with Gasteiger partial charge < -0.3 is 4.85 Å². The van der Waals surface area contributed by atoms with Crippen molar-refractivity contribution in [1.82, 2.24) is 4.90 Å². The molecule has 0 bridgehead atoms. The van der Waals surface area contributed by atoms with Gasteiger partial charge in [0.25, 0.3) is 0 Å². The van der Waals surface area contributed by atoms with Crippen LogP contribution < -0.4 is 0 Å². The van der Waals surface area contributed by atoms with Crippen molar-refractivity contribution in [2.45, 2.75) is 26.3 Å². The Kier molecular flexibility index (Phi) is 2.90. The van der Waals surface area contributed by atoms with Crippen LogP contribution in [0.3, 0.4) is 0 Å².